The minimum absolute atomic E-state index is 0.000881. The molecule has 0 bridgehead atoms. The standard InChI is InChI=1S/C29H24F5N5O3/c30-18-6-16(7-19(31)9-18)23-13-36-22(12-29(32,33)34)26(41)39(23)14-24(40)37-20-4-3-15-10-28(11-17(15)8-20)21-2-1-5-35-25(21)38-27(28)42/h1-9,22-23,36H,10-14H2,(H,37,40)(H,35,38,42)/t22-,23-,28+/m0/s1. The van der Waals surface area contributed by atoms with Gasteiger partial charge in [0.05, 0.1) is 23.9 Å². The molecule has 1 fully saturated rings. The number of anilines is 2. The van der Waals surface area contributed by atoms with E-state index in [1.54, 1.807) is 30.5 Å². The molecule has 1 saturated heterocycles. The van der Waals surface area contributed by atoms with Gasteiger partial charge in [-0.1, -0.05) is 12.1 Å². The normalized spacial score (nSPS) is 23.1. The number of pyridine rings is 1. The van der Waals surface area contributed by atoms with Crippen LogP contribution in [0.5, 0.6) is 0 Å². The number of aromatic nitrogens is 1. The van der Waals surface area contributed by atoms with E-state index >= 15 is 0 Å². The molecule has 1 spiro atoms. The number of nitrogens with one attached hydrogen (secondary N) is 3. The third-order valence-electron chi connectivity index (χ3n) is 8.00. The van der Waals surface area contributed by atoms with E-state index in [-0.39, 0.29) is 18.0 Å². The Morgan fingerprint density at radius 1 is 1.05 bits per heavy atom. The minimum atomic E-state index is -4.66. The summed E-state index contributed by atoms with van der Waals surface area (Å²) in [5, 5.41) is 8.00. The second-order valence-electron chi connectivity index (χ2n) is 10.8. The number of carbonyl (C=O) groups excluding carboxylic acids is 3. The first-order valence-corrected chi connectivity index (χ1v) is 13.2. The summed E-state index contributed by atoms with van der Waals surface area (Å²) in [6, 6.07) is 8.59. The summed E-state index contributed by atoms with van der Waals surface area (Å²) in [4.78, 5) is 44.4. The average Bonchev–Trinajstić information content (AvgIpc) is 3.42. The van der Waals surface area contributed by atoms with Crippen LogP contribution in [0.3, 0.4) is 0 Å². The van der Waals surface area contributed by atoms with Gasteiger partial charge in [-0.25, -0.2) is 13.8 Å². The van der Waals surface area contributed by atoms with Crippen molar-refractivity contribution in [1.29, 1.82) is 0 Å². The highest BCUT2D eigenvalue weighted by Crippen LogP contribution is 2.47. The minimum Gasteiger partial charge on any atom is -0.325 e. The highest BCUT2D eigenvalue weighted by Gasteiger charge is 2.51. The van der Waals surface area contributed by atoms with Gasteiger partial charge < -0.3 is 20.9 Å². The highest BCUT2D eigenvalue weighted by molar-refractivity contribution is 6.06. The van der Waals surface area contributed by atoms with Gasteiger partial charge in [-0.2, -0.15) is 13.2 Å². The van der Waals surface area contributed by atoms with Gasteiger partial charge in [0, 0.05) is 30.1 Å². The van der Waals surface area contributed by atoms with Crippen LogP contribution in [0, 0.1) is 11.6 Å². The van der Waals surface area contributed by atoms with Crippen LogP contribution in [-0.4, -0.2) is 52.9 Å². The van der Waals surface area contributed by atoms with Crippen LogP contribution in [-0.2, 0) is 32.6 Å². The zero-order valence-electron chi connectivity index (χ0n) is 21.9. The Labute approximate surface area is 236 Å². The van der Waals surface area contributed by atoms with Crippen molar-refractivity contribution in [3.8, 4) is 0 Å². The Kier molecular flexibility index (Phi) is 6.71. The Hall–Kier alpha value is -4.39. The predicted octanol–water partition coefficient (Wildman–Crippen LogP) is 3.78. The molecule has 8 nitrogen and oxygen atoms in total. The fraction of sp³-hybridized carbons (Fsp3) is 0.310. The number of fused-ring (bicyclic) bond motifs is 3. The van der Waals surface area contributed by atoms with Crippen LogP contribution >= 0.6 is 0 Å². The zero-order valence-corrected chi connectivity index (χ0v) is 21.9. The van der Waals surface area contributed by atoms with Gasteiger partial charge in [0.2, 0.25) is 17.7 Å². The van der Waals surface area contributed by atoms with Gasteiger partial charge in [-0.15, -0.1) is 0 Å². The van der Waals surface area contributed by atoms with Crippen molar-refractivity contribution in [2.45, 2.75) is 42.9 Å². The lowest BCUT2D eigenvalue weighted by Gasteiger charge is -2.40. The first kappa shape index (κ1) is 27.8. The molecule has 1 aliphatic carbocycles. The lowest BCUT2D eigenvalue weighted by molar-refractivity contribution is -0.160. The van der Waals surface area contributed by atoms with Crippen molar-refractivity contribution in [3.63, 3.8) is 0 Å². The summed E-state index contributed by atoms with van der Waals surface area (Å²) in [6.07, 6.45) is -3.71. The molecule has 3 heterocycles. The van der Waals surface area contributed by atoms with Crippen LogP contribution in [0.25, 0.3) is 0 Å². The number of benzene rings is 2. The van der Waals surface area contributed by atoms with E-state index in [1.165, 1.54) is 0 Å². The lowest BCUT2D eigenvalue weighted by Crippen LogP contribution is -2.58. The number of carbonyl (C=O) groups is 3. The maximum atomic E-state index is 14.0. The Morgan fingerprint density at radius 2 is 1.79 bits per heavy atom. The van der Waals surface area contributed by atoms with Gasteiger partial charge in [0.1, 0.15) is 24.0 Å². The summed E-state index contributed by atoms with van der Waals surface area (Å²) in [7, 11) is 0. The molecule has 218 valence electrons. The highest BCUT2D eigenvalue weighted by atomic mass is 19.4. The molecule has 0 radical (unpaired) electrons. The molecule has 0 unspecified atom stereocenters. The molecule has 13 heteroatoms. The summed E-state index contributed by atoms with van der Waals surface area (Å²) in [5.74, 6) is -3.23. The van der Waals surface area contributed by atoms with E-state index < -0.39 is 60.1 Å². The molecule has 3 N–H and O–H groups in total. The van der Waals surface area contributed by atoms with E-state index in [2.05, 4.69) is 20.9 Å². The molecule has 2 aromatic carbocycles. The lowest BCUT2D eigenvalue weighted by atomic mass is 9.79. The van der Waals surface area contributed by atoms with Gasteiger partial charge in [-0.05, 0) is 59.9 Å². The van der Waals surface area contributed by atoms with Crippen LogP contribution in [0.1, 0.15) is 34.7 Å². The quantitative estimate of drug-likeness (QED) is 0.396. The second kappa shape index (κ2) is 10.2. The number of halogens is 5. The summed E-state index contributed by atoms with van der Waals surface area (Å²) >= 11 is 0. The van der Waals surface area contributed by atoms with E-state index in [4.69, 9.17) is 0 Å². The number of hydrogen-bond acceptors (Lipinski definition) is 5. The van der Waals surface area contributed by atoms with Crippen LogP contribution in [0.4, 0.5) is 33.5 Å². The maximum absolute atomic E-state index is 14.0. The van der Waals surface area contributed by atoms with E-state index in [9.17, 15) is 36.3 Å². The molecule has 6 rings (SSSR count). The molecule has 42 heavy (non-hydrogen) atoms. The number of rotatable bonds is 5. The second-order valence-corrected chi connectivity index (χ2v) is 10.8. The molecule has 3 amide bonds. The summed E-state index contributed by atoms with van der Waals surface area (Å²) in [5.41, 5.74) is 2.09. The van der Waals surface area contributed by atoms with Crippen molar-refractivity contribution >= 4 is 29.2 Å². The molecular weight excluding hydrogens is 561 g/mol. The van der Waals surface area contributed by atoms with Crippen molar-refractivity contribution < 1.29 is 36.3 Å². The molecular formula is C29H24F5N5O3. The van der Waals surface area contributed by atoms with E-state index in [1.807, 2.05) is 6.07 Å². The van der Waals surface area contributed by atoms with Crippen LogP contribution in [0.2, 0.25) is 0 Å². The predicted molar refractivity (Wildman–Crippen MR) is 140 cm³/mol. The van der Waals surface area contributed by atoms with Gasteiger partial charge >= 0.3 is 6.18 Å². The number of hydrogen-bond donors (Lipinski definition) is 3. The number of alkyl halides is 3. The summed E-state index contributed by atoms with van der Waals surface area (Å²) < 4.78 is 67.3. The maximum Gasteiger partial charge on any atom is 0.391 e. The van der Waals surface area contributed by atoms with Crippen molar-refractivity contribution in [2.75, 3.05) is 23.7 Å². The molecule has 0 saturated carbocycles. The fourth-order valence-corrected chi connectivity index (χ4v) is 6.15. The fourth-order valence-electron chi connectivity index (χ4n) is 6.15. The van der Waals surface area contributed by atoms with Crippen molar-refractivity contribution in [2.24, 2.45) is 0 Å². The number of amides is 3. The van der Waals surface area contributed by atoms with Crippen molar-refractivity contribution in [3.05, 3.63) is 88.6 Å². The average molecular weight is 586 g/mol. The summed E-state index contributed by atoms with van der Waals surface area (Å²) in [6.45, 7) is -0.901. The third kappa shape index (κ3) is 5.08. The molecule has 3 aliphatic rings. The van der Waals surface area contributed by atoms with Crippen LogP contribution < -0.4 is 16.0 Å². The smallest absolute Gasteiger partial charge is 0.325 e. The molecule has 3 aromatic rings. The first-order chi connectivity index (χ1) is 19.9. The van der Waals surface area contributed by atoms with Gasteiger partial charge in [-0.3, -0.25) is 14.4 Å². The molecule has 3 atom stereocenters. The van der Waals surface area contributed by atoms with E-state index in [0.29, 0.717) is 30.4 Å². The Balaban J connectivity index is 1.22. The SMILES string of the molecule is O=C(CN1C(=O)[C@H](CC(F)(F)F)NC[C@H]1c1cc(F)cc(F)c1)Nc1ccc2c(c1)C[C@@]1(C2)C(=O)Nc2ncccc21. The van der Waals surface area contributed by atoms with E-state index in [0.717, 1.165) is 33.7 Å². The molecule has 2 aliphatic heterocycles. The zero-order chi connectivity index (χ0) is 29.8. The Morgan fingerprint density at radius 3 is 2.52 bits per heavy atom. The van der Waals surface area contributed by atoms with Gasteiger partial charge in [0.15, 0.2) is 0 Å². The number of piperazine rings is 1. The monoisotopic (exact) mass is 585 g/mol. The van der Waals surface area contributed by atoms with Crippen molar-refractivity contribution in [1.82, 2.24) is 15.2 Å². The topological polar surface area (TPSA) is 103 Å². The molecule has 1 aromatic heterocycles. The Bertz CT molecular complexity index is 1590. The van der Waals surface area contributed by atoms with Crippen LogP contribution in [0.15, 0.2) is 54.7 Å². The number of nitrogens with zero attached hydrogens (tertiary/aromatic N) is 2. The van der Waals surface area contributed by atoms with Gasteiger partial charge in [0.25, 0.3) is 0 Å². The third-order valence-corrected chi connectivity index (χ3v) is 8.00. The largest absolute Gasteiger partial charge is 0.391 e. The first-order valence-electron chi connectivity index (χ1n) is 13.2.